The van der Waals surface area contributed by atoms with Gasteiger partial charge in [0.15, 0.2) is 35.4 Å². The van der Waals surface area contributed by atoms with Crippen LogP contribution >= 0.6 is 0 Å². The van der Waals surface area contributed by atoms with Gasteiger partial charge >= 0.3 is 11.9 Å². The van der Waals surface area contributed by atoms with Crippen molar-refractivity contribution >= 4 is 24.1 Å². The first-order valence-corrected chi connectivity index (χ1v) is 16.2. The molecule has 0 saturated carbocycles. The van der Waals surface area contributed by atoms with E-state index in [1.165, 1.54) is 72.0 Å². The van der Waals surface area contributed by atoms with Crippen LogP contribution in [0.2, 0.25) is 0 Å². The van der Waals surface area contributed by atoms with E-state index < -0.39 is 86.6 Å². The fourth-order valence-electron chi connectivity index (χ4n) is 5.67. The summed E-state index contributed by atoms with van der Waals surface area (Å²) < 4.78 is 53.6. The number of hydrogen-bond acceptors (Lipinski definition) is 19. The monoisotopic (exact) mass is 768 g/mol. The van der Waals surface area contributed by atoms with Gasteiger partial charge in [-0.15, -0.1) is 0 Å². The summed E-state index contributed by atoms with van der Waals surface area (Å²) in [4.78, 5) is 25.6. The van der Waals surface area contributed by atoms with Gasteiger partial charge in [0.2, 0.25) is 17.3 Å². The maximum Gasteiger partial charge on any atom is 0.331 e. The van der Waals surface area contributed by atoms with Crippen molar-refractivity contribution < 1.29 is 92.7 Å². The second-order valence-corrected chi connectivity index (χ2v) is 11.8. The fraction of sp³-hybridized carbons (Fsp3) is 0.486. The summed E-state index contributed by atoms with van der Waals surface area (Å²) in [7, 11) is 6.89. The zero-order valence-corrected chi connectivity index (χ0v) is 29.9. The van der Waals surface area contributed by atoms with Crippen LogP contribution in [0, 0.1) is 0 Å². The van der Waals surface area contributed by atoms with Gasteiger partial charge in [-0.1, -0.05) is 0 Å². The molecule has 2 fully saturated rings. The van der Waals surface area contributed by atoms with Gasteiger partial charge in [-0.05, 0) is 47.5 Å². The molecule has 0 unspecified atom stereocenters. The zero-order valence-electron chi connectivity index (χ0n) is 29.9. The zero-order chi connectivity index (χ0) is 39.7. The minimum absolute atomic E-state index is 0.0773. The Hall–Kier alpha value is -4.70. The van der Waals surface area contributed by atoms with Crippen molar-refractivity contribution in [2.45, 2.75) is 54.8 Å². The SMILES string of the molecule is COc1cc(/C=C\C(=O)OC[C@H]2O[C@H](O[C@]3(CO)O[C@H](CO)[C@@H](O)[C@@H]3OC(=O)/C=C/c3cc(OC)c(OC)c(OC)c3)[C@H](O)[C@@H](O)[C@@H]2O)cc(OC)c1O. The summed E-state index contributed by atoms with van der Waals surface area (Å²) in [6.45, 7) is -2.65. The molecule has 9 atom stereocenters. The summed E-state index contributed by atoms with van der Waals surface area (Å²) in [6.07, 6.45) is -9.75. The number of rotatable bonds is 16. The first kappa shape index (κ1) is 42.0. The second kappa shape index (κ2) is 18.6. The Balaban J connectivity index is 1.49. The summed E-state index contributed by atoms with van der Waals surface area (Å²) >= 11 is 0. The molecule has 2 aliphatic rings. The molecule has 2 heterocycles. The largest absolute Gasteiger partial charge is 0.502 e. The molecule has 0 spiro atoms. The third-order valence-corrected chi connectivity index (χ3v) is 8.51. The molecule has 0 aromatic heterocycles. The normalized spacial score (nSPS) is 28.2. The van der Waals surface area contributed by atoms with Crippen LogP contribution in [0.1, 0.15) is 11.1 Å². The van der Waals surface area contributed by atoms with Crippen LogP contribution in [0.3, 0.4) is 0 Å². The highest BCUT2D eigenvalue weighted by Gasteiger charge is 2.60. The topological polar surface area (TPSA) is 268 Å². The first-order valence-electron chi connectivity index (χ1n) is 16.2. The minimum Gasteiger partial charge on any atom is -0.502 e. The van der Waals surface area contributed by atoms with Gasteiger partial charge in [0.1, 0.15) is 49.8 Å². The van der Waals surface area contributed by atoms with Gasteiger partial charge in [0.25, 0.3) is 0 Å². The highest BCUT2D eigenvalue weighted by atomic mass is 16.8. The number of carbonyl (C=O) groups is 2. The van der Waals surface area contributed by atoms with Gasteiger partial charge in [-0.25, -0.2) is 9.59 Å². The molecule has 2 aromatic rings. The first-order chi connectivity index (χ1) is 25.8. The fourth-order valence-corrected chi connectivity index (χ4v) is 5.67. The predicted octanol–water partition coefficient (Wildman–Crippen LogP) is -1.12. The third kappa shape index (κ3) is 9.14. The lowest BCUT2D eigenvalue weighted by Gasteiger charge is -2.43. The number of carbonyl (C=O) groups excluding carboxylic acids is 2. The molecule has 2 aromatic carbocycles. The third-order valence-electron chi connectivity index (χ3n) is 8.51. The van der Waals surface area contributed by atoms with E-state index in [1.54, 1.807) is 0 Å². The number of phenols is 1. The van der Waals surface area contributed by atoms with Crippen LogP contribution in [0.5, 0.6) is 34.5 Å². The molecular weight excluding hydrogens is 724 g/mol. The molecule has 54 heavy (non-hydrogen) atoms. The lowest BCUT2D eigenvalue weighted by Crippen LogP contribution is -2.63. The number of aromatic hydroxyl groups is 1. The van der Waals surface area contributed by atoms with E-state index in [-0.39, 0.29) is 17.2 Å². The summed E-state index contributed by atoms with van der Waals surface area (Å²) in [5.74, 6) is -3.69. The molecule has 19 heteroatoms. The molecule has 7 N–H and O–H groups in total. The smallest absolute Gasteiger partial charge is 0.331 e. The number of ether oxygens (including phenoxy) is 10. The number of phenolic OH excluding ortho intramolecular Hbond substituents is 1. The number of aliphatic hydroxyl groups is 6. The van der Waals surface area contributed by atoms with Gasteiger partial charge in [0, 0.05) is 12.2 Å². The van der Waals surface area contributed by atoms with Crippen molar-refractivity contribution in [3.05, 3.63) is 47.5 Å². The van der Waals surface area contributed by atoms with Crippen LogP contribution in [-0.2, 0) is 33.3 Å². The van der Waals surface area contributed by atoms with Crippen LogP contribution in [0.4, 0.5) is 0 Å². The number of methoxy groups -OCH3 is 5. The summed E-state index contributed by atoms with van der Waals surface area (Å²) in [6, 6.07) is 5.92. The van der Waals surface area contributed by atoms with E-state index >= 15 is 0 Å². The number of hydrogen-bond donors (Lipinski definition) is 7. The molecule has 298 valence electrons. The minimum atomic E-state index is -2.49. The highest BCUT2D eigenvalue weighted by molar-refractivity contribution is 5.88. The second-order valence-electron chi connectivity index (χ2n) is 11.8. The molecular formula is C35H44O19. The molecule has 19 nitrogen and oxygen atoms in total. The van der Waals surface area contributed by atoms with E-state index in [4.69, 9.17) is 47.4 Å². The van der Waals surface area contributed by atoms with E-state index in [0.717, 1.165) is 12.2 Å². The quantitative estimate of drug-likeness (QED) is 0.0788. The molecule has 2 saturated heterocycles. The van der Waals surface area contributed by atoms with Gasteiger partial charge in [0.05, 0.1) is 42.2 Å². The Kier molecular flexibility index (Phi) is 14.5. The Morgan fingerprint density at radius 2 is 1.26 bits per heavy atom. The standard InChI is InChI=1S/C35H44O19/c1-45-19-10-17(11-20(46-2)27(19)40)6-8-25(38)50-15-24-28(41)30(43)31(44)34(51-24)54-35(16-37)33(29(42)23(14-36)53-35)52-26(39)9-7-18-12-21(47-3)32(49-5)22(13-18)48-4/h6-13,23-24,28-31,33-34,36-37,40-44H,14-16H2,1-5H3/b8-6-,9-7+/t23-,24-,28-,29-,30+,31-,33+,34-,35+/m1/s1. The van der Waals surface area contributed by atoms with Gasteiger partial charge < -0.3 is 83.1 Å². The summed E-state index contributed by atoms with van der Waals surface area (Å²) in [5.41, 5.74) is 0.803. The Bertz CT molecular complexity index is 1610. The highest BCUT2D eigenvalue weighted by Crippen LogP contribution is 2.40. The maximum atomic E-state index is 13.0. The van der Waals surface area contributed by atoms with Crippen LogP contribution in [-0.4, -0.2) is 158 Å². The van der Waals surface area contributed by atoms with Crippen molar-refractivity contribution in [1.82, 2.24) is 0 Å². The average Bonchev–Trinajstić information content (AvgIpc) is 3.44. The average molecular weight is 769 g/mol. The molecule has 4 rings (SSSR count). The van der Waals surface area contributed by atoms with E-state index in [0.29, 0.717) is 28.4 Å². The predicted molar refractivity (Wildman–Crippen MR) is 182 cm³/mol. The maximum absolute atomic E-state index is 13.0. The summed E-state index contributed by atoms with van der Waals surface area (Å²) in [5, 5.41) is 73.3. The van der Waals surface area contributed by atoms with Crippen molar-refractivity contribution in [3.63, 3.8) is 0 Å². The number of aliphatic hydroxyl groups excluding tert-OH is 6. The van der Waals surface area contributed by atoms with Crippen LogP contribution < -0.4 is 23.7 Å². The Morgan fingerprint density at radius 1 is 0.722 bits per heavy atom. The number of benzene rings is 2. The molecule has 0 aliphatic carbocycles. The lowest BCUT2D eigenvalue weighted by molar-refractivity contribution is -0.383. The van der Waals surface area contributed by atoms with Crippen molar-refractivity contribution in [3.8, 4) is 34.5 Å². The molecule has 0 radical (unpaired) electrons. The lowest BCUT2D eigenvalue weighted by atomic mass is 9.98. The van der Waals surface area contributed by atoms with Crippen LogP contribution in [0.15, 0.2) is 36.4 Å². The van der Waals surface area contributed by atoms with Crippen LogP contribution in [0.25, 0.3) is 12.2 Å². The van der Waals surface area contributed by atoms with Gasteiger partial charge in [-0.2, -0.15) is 0 Å². The van der Waals surface area contributed by atoms with Crippen molar-refractivity contribution in [2.75, 3.05) is 55.4 Å². The molecule has 0 amide bonds. The number of esters is 2. The van der Waals surface area contributed by atoms with E-state index in [9.17, 15) is 45.3 Å². The van der Waals surface area contributed by atoms with Crippen molar-refractivity contribution in [1.29, 1.82) is 0 Å². The van der Waals surface area contributed by atoms with Crippen molar-refractivity contribution in [2.24, 2.45) is 0 Å². The van der Waals surface area contributed by atoms with E-state index in [2.05, 4.69) is 0 Å². The van der Waals surface area contributed by atoms with E-state index in [1.807, 2.05) is 0 Å². The Morgan fingerprint density at radius 3 is 1.76 bits per heavy atom. The molecule has 0 bridgehead atoms. The molecule has 2 aliphatic heterocycles. The van der Waals surface area contributed by atoms with Gasteiger partial charge in [-0.3, -0.25) is 0 Å². The Labute approximate surface area is 309 Å².